The lowest BCUT2D eigenvalue weighted by molar-refractivity contribution is 0.601. The number of hydrogen-bond donors (Lipinski definition) is 0. The second-order valence-corrected chi connectivity index (χ2v) is 3.45. The molecule has 1 aromatic heterocycles. The summed E-state index contributed by atoms with van der Waals surface area (Å²) in [4.78, 5) is 0. The number of furan rings is 1. The molecule has 0 bridgehead atoms. The van der Waals surface area contributed by atoms with Gasteiger partial charge in [-0.05, 0) is 23.6 Å². The van der Waals surface area contributed by atoms with E-state index in [0.717, 1.165) is 5.56 Å². The lowest BCUT2D eigenvalue weighted by atomic mass is 10.0. The van der Waals surface area contributed by atoms with E-state index < -0.39 is 0 Å². The smallest absolute Gasteiger partial charge is 0.140 e. The van der Waals surface area contributed by atoms with Crippen LogP contribution in [0.15, 0.2) is 28.9 Å². The van der Waals surface area contributed by atoms with Gasteiger partial charge in [0, 0.05) is 0 Å². The topological polar surface area (TPSA) is 13.1 Å². The average molecular weight is 178 g/mol. The zero-order valence-electron chi connectivity index (χ0n) is 7.67. The second kappa shape index (κ2) is 2.87. The van der Waals surface area contributed by atoms with Crippen molar-refractivity contribution in [3.63, 3.8) is 0 Å². The van der Waals surface area contributed by atoms with Gasteiger partial charge in [-0.25, -0.2) is 4.39 Å². The molecule has 0 fully saturated rings. The molecule has 0 radical (unpaired) electrons. The zero-order chi connectivity index (χ0) is 9.42. The van der Waals surface area contributed by atoms with Crippen LogP contribution in [0.5, 0.6) is 0 Å². The highest BCUT2D eigenvalue weighted by Gasteiger charge is 2.10. The monoisotopic (exact) mass is 178 g/mol. The third-order valence-electron chi connectivity index (χ3n) is 2.22. The molecule has 1 aromatic carbocycles. The number of hydrogen-bond acceptors (Lipinski definition) is 1. The average Bonchev–Trinajstić information content (AvgIpc) is 2.53. The Labute approximate surface area is 76.2 Å². The predicted octanol–water partition coefficient (Wildman–Crippen LogP) is 3.70. The summed E-state index contributed by atoms with van der Waals surface area (Å²) < 4.78 is 18.5. The second-order valence-electron chi connectivity index (χ2n) is 3.45. The molecule has 0 saturated heterocycles. The van der Waals surface area contributed by atoms with Crippen molar-refractivity contribution in [2.75, 3.05) is 0 Å². The van der Waals surface area contributed by atoms with Crippen LogP contribution in [-0.4, -0.2) is 0 Å². The molecule has 2 aromatic rings. The Morgan fingerprint density at radius 3 is 2.69 bits per heavy atom. The number of fused-ring (bicyclic) bond motifs is 1. The maximum Gasteiger partial charge on any atom is 0.140 e. The minimum atomic E-state index is -0.215. The van der Waals surface area contributed by atoms with Gasteiger partial charge in [0.1, 0.15) is 11.4 Å². The van der Waals surface area contributed by atoms with Gasteiger partial charge in [-0.2, -0.15) is 0 Å². The van der Waals surface area contributed by atoms with Crippen molar-refractivity contribution in [1.29, 1.82) is 0 Å². The van der Waals surface area contributed by atoms with Crippen molar-refractivity contribution in [3.8, 4) is 0 Å². The summed E-state index contributed by atoms with van der Waals surface area (Å²) >= 11 is 0. The van der Waals surface area contributed by atoms with Crippen LogP contribution in [0.25, 0.3) is 11.0 Å². The number of rotatable bonds is 1. The number of halogens is 1. The molecule has 0 spiro atoms. The van der Waals surface area contributed by atoms with Crippen LogP contribution in [0.4, 0.5) is 4.39 Å². The van der Waals surface area contributed by atoms with Crippen molar-refractivity contribution < 1.29 is 8.81 Å². The molecule has 0 aliphatic heterocycles. The van der Waals surface area contributed by atoms with E-state index in [1.807, 2.05) is 0 Å². The summed E-state index contributed by atoms with van der Waals surface area (Å²) in [5.74, 6) is 0.141. The molecule has 0 atom stereocenters. The molecule has 2 heteroatoms. The van der Waals surface area contributed by atoms with Gasteiger partial charge >= 0.3 is 0 Å². The highest BCUT2D eigenvalue weighted by Crippen LogP contribution is 2.27. The predicted molar refractivity (Wildman–Crippen MR) is 50.3 cm³/mol. The highest BCUT2D eigenvalue weighted by molar-refractivity contribution is 5.81. The van der Waals surface area contributed by atoms with E-state index in [2.05, 4.69) is 13.8 Å². The Balaban J connectivity index is 2.78. The van der Waals surface area contributed by atoms with E-state index in [1.54, 1.807) is 12.1 Å². The van der Waals surface area contributed by atoms with E-state index in [-0.39, 0.29) is 5.82 Å². The molecular formula is C11H11FO. The Morgan fingerprint density at radius 2 is 2.00 bits per heavy atom. The minimum absolute atomic E-state index is 0.215. The van der Waals surface area contributed by atoms with Crippen LogP contribution in [0.1, 0.15) is 25.3 Å². The molecule has 2 rings (SSSR count). The van der Waals surface area contributed by atoms with Crippen LogP contribution in [-0.2, 0) is 0 Å². The van der Waals surface area contributed by atoms with Gasteiger partial charge in [0.25, 0.3) is 0 Å². The third kappa shape index (κ3) is 1.22. The van der Waals surface area contributed by atoms with E-state index in [9.17, 15) is 4.39 Å². The molecule has 13 heavy (non-hydrogen) atoms. The van der Waals surface area contributed by atoms with Crippen molar-refractivity contribution in [1.82, 2.24) is 0 Å². The quantitative estimate of drug-likeness (QED) is 0.649. The molecular weight excluding hydrogens is 167 g/mol. The van der Waals surface area contributed by atoms with Gasteiger partial charge in [0.15, 0.2) is 0 Å². The summed E-state index contributed by atoms with van der Waals surface area (Å²) in [5, 5.41) is 0.575. The van der Waals surface area contributed by atoms with E-state index >= 15 is 0 Å². The van der Waals surface area contributed by atoms with Crippen molar-refractivity contribution in [2.45, 2.75) is 19.8 Å². The molecule has 0 aliphatic carbocycles. The lowest BCUT2D eigenvalue weighted by Gasteiger charge is -2.05. The molecule has 68 valence electrons. The summed E-state index contributed by atoms with van der Waals surface area (Å²) in [5.41, 5.74) is 1.73. The molecule has 0 saturated carbocycles. The first-order valence-electron chi connectivity index (χ1n) is 4.35. The fourth-order valence-electron chi connectivity index (χ4n) is 1.50. The summed E-state index contributed by atoms with van der Waals surface area (Å²) in [6.45, 7) is 4.13. The van der Waals surface area contributed by atoms with E-state index in [0.29, 0.717) is 16.9 Å². The Hall–Kier alpha value is -1.31. The largest absolute Gasteiger partial charge is 0.464 e. The first kappa shape index (κ1) is 8.30. The minimum Gasteiger partial charge on any atom is -0.464 e. The highest BCUT2D eigenvalue weighted by atomic mass is 19.1. The Kier molecular flexibility index (Phi) is 1.83. The van der Waals surface area contributed by atoms with Crippen LogP contribution in [0, 0.1) is 5.82 Å². The SMILES string of the molecule is CC(C)c1ccc(F)c2ccoc12. The van der Waals surface area contributed by atoms with E-state index in [4.69, 9.17) is 4.42 Å². The lowest BCUT2D eigenvalue weighted by Crippen LogP contribution is -1.88. The zero-order valence-corrected chi connectivity index (χ0v) is 7.67. The van der Waals surface area contributed by atoms with Gasteiger partial charge in [0.2, 0.25) is 0 Å². The maximum atomic E-state index is 13.2. The molecule has 1 nitrogen and oxygen atoms in total. The van der Waals surface area contributed by atoms with Gasteiger partial charge in [-0.3, -0.25) is 0 Å². The first-order valence-corrected chi connectivity index (χ1v) is 4.35. The van der Waals surface area contributed by atoms with Crippen LogP contribution >= 0.6 is 0 Å². The number of benzene rings is 1. The van der Waals surface area contributed by atoms with Crippen LogP contribution in [0.2, 0.25) is 0 Å². The van der Waals surface area contributed by atoms with Crippen molar-refractivity contribution in [3.05, 3.63) is 35.8 Å². The van der Waals surface area contributed by atoms with Crippen LogP contribution in [0.3, 0.4) is 0 Å². The van der Waals surface area contributed by atoms with Crippen LogP contribution < -0.4 is 0 Å². The van der Waals surface area contributed by atoms with Crippen molar-refractivity contribution >= 4 is 11.0 Å². The maximum absolute atomic E-state index is 13.2. The van der Waals surface area contributed by atoms with Gasteiger partial charge in [-0.15, -0.1) is 0 Å². The Bertz CT molecular complexity index is 429. The third-order valence-corrected chi connectivity index (χ3v) is 2.22. The standard InChI is InChI=1S/C11H11FO/c1-7(2)8-3-4-10(12)9-5-6-13-11(8)9/h3-7H,1-2H3. The van der Waals surface area contributed by atoms with Gasteiger partial charge in [0.05, 0.1) is 11.6 Å². The van der Waals surface area contributed by atoms with Gasteiger partial charge < -0.3 is 4.42 Å². The van der Waals surface area contributed by atoms with Crippen molar-refractivity contribution in [2.24, 2.45) is 0 Å². The molecule has 0 aliphatic rings. The summed E-state index contributed by atoms with van der Waals surface area (Å²) in [7, 11) is 0. The summed E-state index contributed by atoms with van der Waals surface area (Å²) in [6, 6.07) is 4.94. The fourth-order valence-corrected chi connectivity index (χ4v) is 1.50. The normalized spacial score (nSPS) is 11.4. The molecule has 1 heterocycles. The Morgan fingerprint density at radius 1 is 1.23 bits per heavy atom. The van der Waals surface area contributed by atoms with E-state index in [1.165, 1.54) is 12.3 Å². The molecule has 0 N–H and O–H groups in total. The fraction of sp³-hybridized carbons (Fsp3) is 0.273. The summed E-state index contributed by atoms with van der Waals surface area (Å²) in [6.07, 6.45) is 1.53. The van der Waals surface area contributed by atoms with Gasteiger partial charge in [-0.1, -0.05) is 19.9 Å². The molecule has 0 amide bonds. The first-order chi connectivity index (χ1) is 6.20. The molecule has 0 unspecified atom stereocenters.